The molecular formula is C14H12Cl2O5S. The monoisotopic (exact) mass is 362 g/mol. The molecule has 118 valence electrons. The minimum atomic E-state index is -4.09. The summed E-state index contributed by atoms with van der Waals surface area (Å²) < 4.78 is 34.7. The fraction of sp³-hybridized carbons (Fsp3) is 0.143. The summed E-state index contributed by atoms with van der Waals surface area (Å²) in [4.78, 5) is -0.0683. The Balaban J connectivity index is 2.43. The lowest BCUT2D eigenvalue weighted by molar-refractivity contribution is 0.280. The van der Waals surface area contributed by atoms with Gasteiger partial charge in [0.25, 0.3) is 0 Å². The van der Waals surface area contributed by atoms with Crippen molar-refractivity contribution >= 4 is 33.3 Å². The van der Waals surface area contributed by atoms with E-state index in [1.807, 2.05) is 0 Å². The SMILES string of the molecule is COc1cc(CO)cc(Cl)c1OS(=O)(=O)c1ccc(Cl)cc1. The average Bonchev–Trinajstić information content (AvgIpc) is 2.49. The maximum atomic E-state index is 12.3. The highest BCUT2D eigenvalue weighted by Crippen LogP contribution is 2.38. The van der Waals surface area contributed by atoms with Gasteiger partial charge in [0, 0.05) is 5.02 Å². The van der Waals surface area contributed by atoms with Crippen molar-refractivity contribution in [3.8, 4) is 11.5 Å². The number of rotatable bonds is 5. The molecule has 0 radical (unpaired) electrons. The van der Waals surface area contributed by atoms with Crippen molar-refractivity contribution in [2.24, 2.45) is 0 Å². The molecule has 0 amide bonds. The molecule has 0 saturated heterocycles. The first kappa shape index (κ1) is 16.9. The minimum absolute atomic E-state index is 0.0148. The van der Waals surface area contributed by atoms with Crippen molar-refractivity contribution in [1.82, 2.24) is 0 Å². The van der Waals surface area contributed by atoms with Crippen molar-refractivity contribution in [3.63, 3.8) is 0 Å². The summed E-state index contributed by atoms with van der Waals surface area (Å²) in [6, 6.07) is 8.35. The summed E-state index contributed by atoms with van der Waals surface area (Å²) in [5.74, 6) is -0.0367. The summed E-state index contributed by atoms with van der Waals surface area (Å²) in [5, 5.41) is 9.54. The topological polar surface area (TPSA) is 72.8 Å². The van der Waals surface area contributed by atoms with E-state index < -0.39 is 10.1 Å². The van der Waals surface area contributed by atoms with Crippen molar-refractivity contribution in [1.29, 1.82) is 0 Å². The third kappa shape index (κ3) is 3.64. The van der Waals surface area contributed by atoms with E-state index in [2.05, 4.69) is 0 Å². The Morgan fingerprint density at radius 1 is 1.14 bits per heavy atom. The molecule has 0 spiro atoms. The molecule has 0 fully saturated rings. The molecule has 22 heavy (non-hydrogen) atoms. The fourth-order valence-electron chi connectivity index (χ4n) is 1.70. The van der Waals surface area contributed by atoms with Gasteiger partial charge in [-0.15, -0.1) is 0 Å². The van der Waals surface area contributed by atoms with Crippen LogP contribution in [0.15, 0.2) is 41.3 Å². The number of hydrogen-bond acceptors (Lipinski definition) is 5. The van der Waals surface area contributed by atoms with Crippen molar-refractivity contribution in [3.05, 3.63) is 52.0 Å². The Labute approximate surface area is 138 Å². The van der Waals surface area contributed by atoms with Crippen LogP contribution in [0.3, 0.4) is 0 Å². The zero-order valence-electron chi connectivity index (χ0n) is 11.4. The molecule has 0 bridgehead atoms. The first-order valence-electron chi connectivity index (χ1n) is 6.04. The number of halogens is 2. The summed E-state index contributed by atoms with van der Waals surface area (Å²) >= 11 is 11.7. The van der Waals surface area contributed by atoms with Crippen LogP contribution in [0, 0.1) is 0 Å². The predicted octanol–water partition coefficient (Wildman–Crippen LogP) is 3.26. The highest BCUT2D eigenvalue weighted by molar-refractivity contribution is 7.87. The van der Waals surface area contributed by atoms with Gasteiger partial charge < -0.3 is 14.0 Å². The molecule has 0 heterocycles. The largest absolute Gasteiger partial charge is 0.493 e. The summed E-state index contributed by atoms with van der Waals surface area (Å²) in [6.07, 6.45) is 0. The molecule has 0 unspecified atom stereocenters. The zero-order chi connectivity index (χ0) is 16.3. The van der Waals surface area contributed by atoms with Gasteiger partial charge in [-0.05, 0) is 42.0 Å². The summed E-state index contributed by atoms with van der Waals surface area (Å²) in [7, 11) is -2.75. The average molecular weight is 363 g/mol. The molecule has 2 aromatic rings. The lowest BCUT2D eigenvalue weighted by atomic mass is 10.2. The van der Waals surface area contributed by atoms with Gasteiger partial charge in [0.1, 0.15) is 4.90 Å². The van der Waals surface area contributed by atoms with E-state index in [9.17, 15) is 8.42 Å². The van der Waals surface area contributed by atoms with Crippen LogP contribution in [-0.4, -0.2) is 20.6 Å². The van der Waals surface area contributed by atoms with E-state index in [1.54, 1.807) is 0 Å². The highest BCUT2D eigenvalue weighted by atomic mass is 35.5. The lowest BCUT2D eigenvalue weighted by Crippen LogP contribution is -2.11. The second-order valence-electron chi connectivity index (χ2n) is 4.26. The number of aliphatic hydroxyl groups is 1. The van der Waals surface area contributed by atoms with Gasteiger partial charge in [-0.2, -0.15) is 8.42 Å². The van der Waals surface area contributed by atoms with Crippen LogP contribution < -0.4 is 8.92 Å². The third-order valence-corrected chi connectivity index (χ3v) is 4.54. The van der Waals surface area contributed by atoms with Gasteiger partial charge in [-0.25, -0.2) is 0 Å². The predicted molar refractivity (Wildman–Crippen MR) is 83.2 cm³/mol. The van der Waals surface area contributed by atoms with E-state index in [0.29, 0.717) is 10.6 Å². The molecule has 2 aromatic carbocycles. The highest BCUT2D eigenvalue weighted by Gasteiger charge is 2.22. The standard InChI is InChI=1S/C14H12Cl2O5S/c1-20-13-7-9(8-17)6-12(16)14(13)21-22(18,19)11-4-2-10(15)3-5-11/h2-7,17H,8H2,1H3. The number of aliphatic hydroxyl groups excluding tert-OH is 1. The second-order valence-corrected chi connectivity index (χ2v) is 6.65. The van der Waals surface area contributed by atoms with Gasteiger partial charge in [0.15, 0.2) is 5.75 Å². The molecule has 2 rings (SSSR count). The molecule has 0 aliphatic rings. The summed E-state index contributed by atoms with van der Waals surface area (Å²) in [5.41, 5.74) is 0.470. The van der Waals surface area contributed by atoms with E-state index in [1.165, 1.54) is 43.5 Å². The van der Waals surface area contributed by atoms with Crippen LogP contribution in [0.25, 0.3) is 0 Å². The van der Waals surface area contributed by atoms with Gasteiger partial charge in [0.2, 0.25) is 5.75 Å². The van der Waals surface area contributed by atoms with E-state index in [-0.39, 0.29) is 28.0 Å². The van der Waals surface area contributed by atoms with Crippen LogP contribution in [-0.2, 0) is 16.7 Å². The molecule has 0 aliphatic heterocycles. The molecule has 0 atom stereocenters. The first-order chi connectivity index (χ1) is 10.4. The Kier molecular flexibility index (Phi) is 5.18. The van der Waals surface area contributed by atoms with Gasteiger partial charge in [0.05, 0.1) is 18.7 Å². The van der Waals surface area contributed by atoms with Gasteiger partial charge in [-0.1, -0.05) is 23.2 Å². The molecule has 5 nitrogen and oxygen atoms in total. The van der Waals surface area contributed by atoms with Crippen LogP contribution in [0.5, 0.6) is 11.5 Å². The first-order valence-corrected chi connectivity index (χ1v) is 8.21. The maximum Gasteiger partial charge on any atom is 0.339 e. The van der Waals surface area contributed by atoms with Crippen LogP contribution in [0.1, 0.15) is 5.56 Å². The van der Waals surface area contributed by atoms with Crippen LogP contribution in [0.2, 0.25) is 10.0 Å². The van der Waals surface area contributed by atoms with E-state index in [4.69, 9.17) is 37.2 Å². The number of benzene rings is 2. The zero-order valence-corrected chi connectivity index (χ0v) is 13.7. The van der Waals surface area contributed by atoms with Crippen molar-refractivity contribution < 1.29 is 22.4 Å². The van der Waals surface area contributed by atoms with Crippen molar-refractivity contribution in [2.75, 3.05) is 7.11 Å². The minimum Gasteiger partial charge on any atom is -0.493 e. The maximum absolute atomic E-state index is 12.3. The van der Waals surface area contributed by atoms with Crippen LogP contribution in [0.4, 0.5) is 0 Å². The molecular weight excluding hydrogens is 351 g/mol. The second kappa shape index (κ2) is 6.75. The smallest absolute Gasteiger partial charge is 0.339 e. The fourth-order valence-corrected chi connectivity index (χ4v) is 3.11. The molecule has 0 saturated carbocycles. The lowest BCUT2D eigenvalue weighted by Gasteiger charge is -2.13. The Hall–Kier alpha value is -1.47. The molecule has 0 aromatic heterocycles. The Bertz CT molecular complexity index is 773. The molecule has 0 aliphatic carbocycles. The Morgan fingerprint density at radius 2 is 1.77 bits per heavy atom. The number of hydrogen-bond donors (Lipinski definition) is 1. The molecule has 8 heteroatoms. The summed E-state index contributed by atoms with van der Waals surface area (Å²) in [6.45, 7) is -0.264. The van der Waals surface area contributed by atoms with E-state index >= 15 is 0 Å². The Morgan fingerprint density at radius 3 is 2.32 bits per heavy atom. The molecule has 1 N–H and O–H groups in total. The van der Waals surface area contributed by atoms with Crippen molar-refractivity contribution in [2.45, 2.75) is 11.5 Å². The van der Waals surface area contributed by atoms with Gasteiger partial charge in [-0.3, -0.25) is 0 Å². The van der Waals surface area contributed by atoms with E-state index in [0.717, 1.165) is 0 Å². The quantitative estimate of drug-likeness (QED) is 0.826. The third-order valence-electron chi connectivity index (χ3n) is 2.77. The number of ether oxygens (including phenoxy) is 1. The number of methoxy groups -OCH3 is 1. The normalized spacial score (nSPS) is 11.3. The van der Waals surface area contributed by atoms with Crippen LogP contribution >= 0.6 is 23.2 Å². The van der Waals surface area contributed by atoms with Gasteiger partial charge >= 0.3 is 10.1 Å².